The molecule has 0 aliphatic carbocycles. The maximum absolute atomic E-state index is 13.5. The molecule has 146 valence electrons. The zero-order valence-electron chi connectivity index (χ0n) is 16.4. The third-order valence-electron chi connectivity index (χ3n) is 5.13. The summed E-state index contributed by atoms with van der Waals surface area (Å²) in [6.45, 7) is 5.48. The van der Waals surface area contributed by atoms with Crippen LogP contribution in [0.1, 0.15) is 34.3 Å². The maximum Gasteiger partial charge on any atom is 0.260 e. The molecule has 1 amide bonds. The van der Waals surface area contributed by atoms with E-state index in [-0.39, 0.29) is 12.0 Å². The molecule has 1 fully saturated rings. The number of anilines is 1. The smallest absolute Gasteiger partial charge is 0.260 e. The van der Waals surface area contributed by atoms with E-state index in [0.29, 0.717) is 12.1 Å². The van der Waals surface area contributed by atoms with E-state index >= 15 is 0 Å². The van der Waals surface area contributed by atoms with Crippen molar-refractivity contribution < 1.29 is 9.53 Å². The van der Waals surface area contributed by atoms with Crippen molar-refractivity contribution in [3.63, 3.8) is 0 Å². The van der Waals surface area contributed by atoms with Crippen LogP contribution in [-0.2, 0) is 4.74 Å². The number of amides is 1. The Labute approximate surface area is 173 Å². The summed E-state index contributed by atoms with van der Waals surface area (Å²) in [4.78, 5) is 21.2. The summed E-state index contributed by atoms with van der Waals surface area (Å²) in [5, 5.41) is 0.752. The summed E-state index contributed by atoms with van der Waals surface area (Å²) in [5.41, 5.74) is 4.01. The lowest BCUT2D eigenvalue weighted by molar-refractivity contribution is 0.0917. The monoisotopic (exact) mass is 412 g/mol. The highest BCUT2D eigenvalue weighted by molar-refractivity contribution is 7.98. The predicted molar refractivity (Wildman–Crippen MR) is 118 cm³/mol. The van der Waals surface area contributed by atoms with Crippen LogP contribution < -0.4 is 4.90 Å². The van der Waals surface area contributed by atoms with Crippen molar-refractivity contribution >= 4 is 44.4 Å². The molecular weight excluding hydrogens is 388 g/mol. The van der Waals surface area contributed by atoms with Crippen molar-refractivity contribution in [1.29, 1.82) is 0 Å². The number of carbonyl (C=O) groups is 1. The number of benzene rings is 2. The van der Waals surface area contributed by atoms with Crippen LogP contribution in [0.3, 0.4) is 0 Å². The van der Waals surface area contributed by atoms with Crippen LogP contribution >= 0.6 is 23.1 Å². The van der Waals surface area contributed by atoms with Gasteiger partial charge in [0.1, 0.15) is 0 Å². The zero-order valence-corrected chi connectivity index (χ0v) is 18.0. The van der Waals surface area contributed by atoms with E-state index in [2.05, 4.69) is 26.0 Å². The van der Waals surface area contributed by atoms with Crippen LogP contribution in [0.4, 0.5) is 5.13 Å². The van der Waals surface area contributed by atoms with Gasteiger partial charge in [0, 0.05) is 17.1 Å². The molecule has 28 heavy (non-hydrogen) atoms. The van der Waals surface area contributed by atoms with Gasteiger partial charge in [-0.15, -0.1) is 11.8 Å². The van der Waals surface area contributed by atoms with Gasteiger partial charge in [0.2, 0.25) is 0 Å². The van der Waals surface area contributed by atoms with Gasteiger partial charge in [-0.3, -0.25) is 9.69 Å². The molecule has 1 aromatic heterocycles. The Morgan fingerprint density at radius 3 is 2.82 bits per heavy atom. The number of thioether (sulfide) groups is 1. The largest absolute Gasteiger partial charge is 0.376 e. The molecular formula is C22H24N2O2S2. The van der Waals surface area contributed by atoms with Crippen molar-refractivity contribution in [3.05, 3.63) is 53.1 Å². The number of fused-ring (bicyclic) bond motifs is 1. The van der Waals surface area contributed by atoms with Gasteiger partial charge in [0.05, 0.1) is 22.9 Å². The van der Waals surface area contributed by atoms with Gasteiger partial charge in [0.25, 0.3) is 5.91 Å². The van der Waals surface area contributed by atoms with Crippen LogP contribution in [0.5, 0.6) is 0 Å². The number of thiazole rings is 1. The minimum absolute atomic E-state index is 0.0132. The van der Waals surface area contributed by atoms with E-state index in [9.17, 15) is 4.79 Å². The fourth-order valence-corrected chi connectivity index (χ4v) is 5.09. The molecule has 1 saturated heterocycles. The van der Waals surface area contributed by atoms with Gasteiger partial charge in [0.15, 0.2) is 5.13 Å². The normalized spacial score (nSPS) is 16.6. The highest BCUT2D eigenvalue weighted by Gasteiger charge is 2.27. The molecule has 3 aromatic rings. The molecule has 1 aliphatic rings. The van der Waals surface area contributed by atoms with Crippen LogP contribution in [-0.4, -0.2) is 36.4 Å². The van der Waals surface area contributed by atoms with Crippen molar-refractivity contribution in [2.75, 3.05) is 24.3 Å². The lowest BCUT2D eigenvalue weighted by atomic mass is 10.1. The van der Waals surface area contributed by atoms with Crippen LogP contribution in [0.25, 0.3) is 10.2 Å². The highest BCUT2D eigenvalue weighted by atomic mass is 32.2. The number of ether oxygens (including phenoxy) is 1. The SMILES string of the molecule is CSc1cccc(C(=O)N(C[C@@H]2CCCO2)c2nc3c(C)ccc(C)c3s2)c1. The van der Waals surface area contributed by atoms with Gasteiger partial charge in [-0.2, -0.15) is 0 Å². The lowest BCUT2D eigenvalue weighted by Crippen LogP contribution is -2.37. The number of aromatic nitrogens is 1. The summed E-state index contributed by atoms with van der Waals surface area (Å²) in [6.07, 6.45) is 4.12. The molecule has 6 heteroatoms. The molecule has 0 saturated carbocycles. The van der Waals surface area contributed by atoms with E-state index in [1.165, 1.54) is 5.56 Å². The van der Waals surface area contributed by atoms with Crippen LogP contribution in [0.2, 0.25) is 0 Å². The Kier molecular flexibility index (Phi) is 5.71. The van der Waals surface area contributed by atoms with E-state index in [1.807, 2.05) is 35.4 Å². The molecule has 4 nitrogen and oxygen atoms in total. The Morgan fingerprint density at radius 2 is 2.11 bits per heavy atom. The van der Waals surface area contributed by atoms with E-state index in [1.54, 1.807) is 23.1 Å². The molecule has 2 heterocycles. The van der Waals surface area contributed by atoms with Gasteiger partial charge in [-0.05, 0) is 62.3 Å². The molecule has 1 atom stereocenters. The summed E-state index contributed by atoms with van der Waals surface area (Å²) in [6, 6.07) is 12.0. The first-order valence-electron chi connectivity index (χ1n) is 9.51. The van der Waals surface area contributed by atoms with Gasteiger partial charge < -0.3 is 4.74 Å². The number of hydrogen-bond donors (Lipinski definition) is 0. The first kappa shape index (κ1) is 19.4. The molecule has 0 bridgehead atoms. The fourth-order valence-electron chi connectivity index (χ4n) is 3.52. The standard InChI is InChI=1S/C22H24N2O2S2/c1-14-9-10-15(2)20-19(14)23-22(28-20)24(13-17-7-5-11-26-17)21(25)16-6-4-8-18(12-16)27-3/h4,6,8-10,12,17H,5,7,11,13H2,1-3H3/t17-/m0/s1. The van der Waals surface area contributed by atoms with E-state index < -0.39 is 0 Å². The second-order valence-corrected chi connectivity index (χ2v) is 9.01. The molecule has 0 spiro atoms. The second-order valence-electron chi connectivity index (χ2n) is 7.16. The van der Waals surface area contributed by atoms with Crippen molar-refractivity contribution in [3.8, 4) is 0 Å². The van der Waals surface area contributed by atoms with Crippen molar-refractivity contribution in [1.82, 2.24) is 4.98 Å². The van der Waals surface area contributed by atoms with Gasteiger partial charge in [-0.25, -0.2) is 4.98 Å². The van der Waals surface area contributed by atoms with Gasteiger partial charge in [-0.1, -0.05) is 29.5 Å². The summed E-state index contributed by atoms with van der Waals surface area (Å²) in [5.74, 6) is -0.0132. The Hall–Kier alpha value is -1.89. The summed E-state index contributed by atoms with van der Waals surface area (Å²) in [7, 11) is 0. The number of nitrogens with zero attached hydrogens (tertiary/aromatic N) is 2. The maximum atomic E-state index is 13.5. The average molecular weight is 413 g/mol. The molecule has 0 unspecified atom stereocenters. The number of hydrogen-bond acceptors (Lipinski definition) is 5. The summed E-state index contributed by atoms with van der Waals surface area (Å²) >= 11 is 3.24. The fraction of sp³-hybridized carbons (Fsp3) is 0.364. The van der Waals surface area contributed by atoms with Crippen LogP contribution in [0, 0.1) is 13.8 Å². The second kappa shape index (κ2) is 8.23. The number of carbonyl (C=O) groups excluding carboxylic acids is 1. The third-order valence-corrected chi connectivity index (χ3v) is 7.07. The van der Waals surface area contributed by atoms with Crippen molar-refractivity contribution in [2.45, 2.75) is 37.7 Å². The van der Waals surface area contributed by atoms with Crippen molar-refractivity contribution in [2.24, 2.45) is 0 Å². The molecule has 2 aromatic carbocycles. The minimum Gasteiger partial charge on any atom is -0.376 e. The molecule has 4 rings (SSSR count). The summed E-state index contributed by atoms with van der Waals surface area (Å²) < 4.78 is 6.99. The topological polar surface area (TPSA) is 42.4 Å². The number of rotatable bonds is 5. The first-order chi connectivity index (χ1) is 13.6. The average Bonchev–Trinajstić information content (AvgIpc) is 3.39. The molecule has 1 aliphatic heterocycles. The molecule has 0 N–H and O–H groups in total. The first-order valence-corrected chi connectivity index (χ1v) is 11.5. The minimum atomic E-state index is -0.0132. The number of aryl methyl sites for hydroxylation is 2. The van der Waals surface area contributed by atoms with Crippen LogP contribution in [0.15, 0.2) is 41.3 Å². The third kappa shape index (κ3) is 3.81. The molecule has 0 radical (unpaired) electrons. The quantitative estimate of drug-likeness (QED) is 0.522. The highest BCUT2D eigenvalue weighted by Crippen LogP contribution is 2.34. The van der Waals surface area contributed by atoms with E-state index in [4.69, 9.17) is 9.72 Å². The zero-order chi connectivity index (χ0) is 19.7. The Bertz CT molecular complexity index is 970. The van der Waals surface area contributed by atoms with Gasteiger partial charge >= 0.3 is 0 Å². The Balaban J connectivity index is 1.75. The lowest BCUT2D eigenvalue weighted by Gasteiger charge is -2.23. The predicted octanol–water partition coefficient (Wildman–Crippen LogP) is 5.46. The Morgan fingerprint density at radius 1 is 1.29 bits per heavy atom. The van der Waals surface area contributed by atoms with E-state index in [0.717, 1.165) is 45.3 Å².